The molecule has 1 heterocycles. The van der Waals surface area contributed by atoms with Crippen LogP contribution in [-0.4, -0.2) is 28.2 Å². The Hall–Kier alpha value is -1.91. The first kappa shape index (κ1) is 24.1. The monoisotopic (exact) mass is 388 g/mol. The molecule has 2 unspecified atom stereocenters. The minimum atomic E-state index is -1.29. The number of furan rings is 1. The fourth-order valence-corrected chi connectivity index (χ4v) is 2.98. The van der Waals surface area contributed by atoms with Crippen LogP contribution in [0, 0.1) is 5.92 Å². The largest absolute Gasteiger partial charge is 0.472 e. The van der Waals surface area contributed by atoms with Crippen LogP contribution < -0.4 is 0 Å². The summed E-state index contributed by atoms with van der Waals surface area (Å²) in [5.74, 6) is 0.0654. The predicted molar refractivity (Wildman–Crippen MR) is 114 cm³/mol. The zero-order valence-electron chi connectivity index (χ0n) is 17.7. The second-order valence-corrected chi connectivity index (χ2v) is 7.82. The Balaban J connectivity index is 2.26. The molecule has 0 aliphatic heterocycles. The highest BCUT2D eigenvalue weighted by molar-refractivity contribution is 5.80. The highest BCUT2D eigenvalue weighted by Gasteiger charge is 2.20. The van der Waals surface area contributed by atoms with Gasteiger partial charge in [0.15, 0.2) is 5.78 Å². The molecule has 4 nitrogen and oxygen atoms in total. The summed E-state index contributed by atoms with van der Waals surface area (Å²) in [4.78, 5) is 11.1. The standard InChI is InChI=1S/C24H36O4/c1-18(10-6-12-20(3)16-23(26)24(27)21(4)25)8-5-9-19(2)11-7-13-22-14-15-28-17-22/h5,8-9,12,14-15,17-18,23-24,26-27H,6-7,10-11,13,16H2,1-4H3/b8-5+,19-9+,20-12-/t18-,23?,24?/m1/s1. The molecule has 2 N–H and O–H groups in total. The third-order valence-corrected chi connectivity index (χ3v) is 4.86. The summed E-state index contributed by atoms with van der Waals surface area (Å²) in [6.07, 6.45) is 15.4. The van der Waals surface area contributed by atoms with Crippen LogP contribution in [0.25, 0.3) is 0 Å². The molecule has 4 heteroatoms. The van der Waals surface area contributed by atoms with Gasteiger partial charge in [0.1, 0.15) is 6.10 Å². The van der Waals surface area contributed by atoms with Crippen molar-refractivity contribution in [3.63, 3.8) is 0 Å². The molecule has 1 aromatic heterocycles. The van der Waals surface area contributed by atoms with Crippen LogP contribution in [0.1, 0.15) is 65.4 Å². The van der Waals surface area contributed by atoms with Crippen LogP contribution in [0.15, 0.2) is 58.5 Å². The van der Waals surface area contributed by atoms with E-state index >= 15 is 0 Å². The number of aryl methyl sites for hydroxylation is 1. The summed E-state index contributed by atoms with van der Waals surface area (Å²) in [5.41, 5.74) is 3.63. The second-order valence-electron chi connectivity index (χ2n) is 7.82. The Bertz CT molecular complexity index is 652. The number of rotatable bonds is 13. The summed E-state index contributed by atoms with van der Waals surface area (Å²) in [6, 6.07) is 2.02. The first-order valence-electron chi connectivity index (χ1n) is 10.2. The van der Waals surface area contributed by atoms with E-state index in [9.17, 15) is 15.0 Å². The molecule has 0 amide bonds. The number of Topliss-reactive ketones (excluding diaryl/α,β-unsaturated/α-hetero) is 1. The third kappa shape index (κ3) is 10.4. The van der Waals surface area contributed by atoms with Crippen LogP contribution in [0.2, 0.25) is 0 Å². The number of allylic oxidation sites excluding steroid dienone is 5. The molecule has 0 aliphatic rings. The van der Waals surface area contributed by atoms with Crippen LogP contribution in [-0.2, 0) is 11.2 Å². The van der Waals surface area contributed by atoms with E-state index in [4.69, 9.17) is 4.42 Å². The van der Waals surface area contributed by atoms with Crippen LogP contribution in [0.3, 0.4) is 0 Å². The minimum Gasteiger partial charge on any atom is -0.472 e. The van der Waals surface area contributed by atoms with E-state index in [1.165, 1.54) is 18.1 Å². The average molecular weight is 389 g/mol. The maximum atomic E-state index is 11.1. The quantitative estimate of drug-likeness (QED) is 0.361. The highest BCUT2D eigenvalue weighted by Crippen LogP contribution is 2.14. The van der Waals surface area contributed by atoms with Crippen LogP contribution in [0.5, 0.6) is 0 Å². The Labute approximate surface area is 169 Å². The second kappa shape index (κ2) is 13.3. The molecular formula is C24H36O4. The maximum absolute atomic E-state index is 11.1. The zero-order valence-corrected chi connectivity index (χ0v) is 17.7. The van der Waals surface area contributed by atoms with Crippen molar-refractivity contribution in [1.82, 2.24) is 0 Å². The van der Waals surface area contributed by atoms with Gasteiger partial charge in [-0.25, -0.2) is 0 Å². The number of aliphatic hydroxyl groups excluding tert-OH is 2. The molecule has 0 saturated heterocycles. The molecule has 0 aromatic carbocycles. The number of hydrogen-bond acceptors (Lipinski definition) is 4. The van der Waals surface area contributed by atoms with Gasteiger partial charge in [0.2, 0.25) is 0 Å². The maximum Gasteiger partial charge on any atom is 0.160 e. The fourth-order valence-electron chi connectivity index (χ4n) is 2.98. The van der Waals surface area contributed by atoms with Gasteiger partial charge in [0, 0.05) is 0 Å². The number of aliphatic hydroxyl groups is 2. The number of carbonyl (C=O) groups excluding carboxylic acids is 1. The molecule has 156 valence electrons. The summed E-state index contributed by atoms with van der Waals surface area (Å²) < 4.78 is 5.08. The molecule has 0 radical (unpaired) electrons. The summed E-state index contributed by atoms with van der Waals surface area (Å²) >= 11 is 0. The first-order chi connectivity index (χ1) is 13.3. The molecule has 0 bridgehead atoms. The Kier molecular flexibility index (Phi) is 11.5. The van der Waals surface area contributed by atoms with Gasteiger partial charge >= 0.3 is 0 Å². The van der Waals surface area contributed by atoms with E-state index in [1.54, 1.807) is 6.26 Å². The number of carbonyl (C=O) groups is 1. The molecule has 3 atom stereocenters. The summed E-state index contributed by atoms with van der Waals surface area (Å²) in [5, 5.41) is 19.4. The molecule has 0 spiro atoms. The number of ketones is 1. The SMILES string of the molecule is CC(=O)C(O)C(O)C/C(C)=C\CC[C@H](C)/C=C/C=C(\C)CCCc1ccoc1. The van der Waals surface area contributed by atoms with Gasteiger partial charge in [0.25, 0.3) is 0 Å². The van der Waals surface area contributed by atoms with Crippen molar-refractivity contribution in [1.29, 1.82) is 0 Å². The van der Waals surface area contributed by atoms with Crippen molar-refractivity contribution >= 4 is 5.78 Å². The van der Waals surface area contributed by atoms with Crippen molar-refractivity contribution in [3.05, 3.63) is 59.6 Å². The molecular weight excluding hydrogens is 352 g/mol. The van der Waals surface area contributed by atoms with E-state index in [0.717, 1.165) is 37.7 Å². The van der Waals surface area contributed by atoms with Gasteiger partial charge in [-0.05, 0) is 76.8 Å². The topological polar surface area (TPSA) is 70.7 Å². The molecule has 0 saturated carbocycles. The smallest absolute Gasteiger partial charge is 0.160 e. The lowest BCUT2D eigenvalue weighted by Gasteiger charge is -2.15. The van der Waals surface area contributed by atoms with Gasteiger partial charge < -0.3 is 14.6 Å². The van der Waals surface area contributed by atoms with Gasteiger partial charge in [-0.1, -0.05) is 42.4 Å². The van der Waals surface area contributed by atoms with Crippen molar-refractivity contribution in [2.24, 2.45) is 5.92 Å². The molecule has 1 rings (SSSR count). The lowest BCUT2D eigenvalue weighted by Crippen LogP contribution is -2.32. The van der Waals surface area contributed by atoms with E-state index in [0.29, 0.717) is 12.3 Å². The molecule has 0 aliphatic carbocycles. The van der Waals surface area contributed by atoms with E-state index in [-0.39, 0.29) is 0 Å². The van der Waals surface area contributed by atoms with Crippen molar-refractivity contribution in [3.8, 4) is 0 Å². The molecule has 1 aromatic rings. The summed E-state index contributed by atoms with van der Waals surface area (Å²) in [6.45, 7) is 7.57. The number of hydrogen-bond donors (Lipinski definition) is 2. The first-order valence-corrected chi connectivity index (χ1v) is 10.2. The van der Waals surface area contributed by atoms with Crippen LogP contribution in [0.4, 0.5) is 0 Å². The minimum absolute atomic E-state index is 0.325. The van der Waals surface area contributed by atoms with Gasteiger partial charge in [0.05, 0.1) is 18.6 Å². The molecule has 28 heavy (non-hydrogen) atoms. The van der Waals surface area contributed by atoms with Crippen molar-refractivity contribution < 1.29 is 19.4 Å². The Morgan fingerprint density at radius 2 is 1.96 bits per heavy atom. The predicted octanol–water partition coefficient (Wildman–Crippen LogP) is 5.17. The van der Waals surface area contributed by atoms with Crippen molar-refractivity contribution in [2.45, 2.75) is 78.4 Å². The summed E-state index contributed by atoms with van der Waals surface area (Å²) in [7, 11) is 0. The normalized spacial score (nSPS) is 16.4. The molecule has 0 fully saturated rings. The van der Waals surface area contributed by atoms with E-state index < -0.39 is 18.0 Å². The third-order valence-electron chi connectivity index (χ3n) is 4.86. The van der Waals surface area contributed by atoms with Gasteiger partial charge in [-0.3, -0.25) is 4.79 Å². The van der Waals surface area contributed by atoms with Gasteiger partial charge in [-0.2, -0.15) is 0 Å². The fraction of sp³-hybridized carbons (Fsp3) is 0.542. The Morgan fingerprint density at radius 1 is 1.21 bits per heavy atom. The Morgan fingerprint density at radius 3 is 2.61 bits per heavy atom. The van der Waals surface area contributed by atoms with Gasteiger partial charge in [-0.15, -0.1) is 0 Å². The highest BCUT2D eigenvalue weighted by atomic mass is 16.3. The zero-order chi connectivity index (χ0) is 20.9. The van der Waals surface area contributed by atoms with Crippen LogP contribution >= 0.6 is 0 Å². The lowest BCUT2D eigenvalue weighted by atomic mass is 9.99. The average Bonchev–Trinajstić information content (AvgIpc) is 3.14. The van der Waals surface area contributed by atoms with Crippen molar-refractivity contribution in [2.75, 3.05) is 0 Å². The van der Waals surface area contributed by atoms with E-state index in [1.807, 2.05) is 19.3 Å². The lowest BCUT2D eigenvalue weighted by molar-refractivity contribution is -0.130. The van der Waals surface area contributed by atoms with E-state index in [2.05, 4.69) is 38.2 Å².